The van der Waals surface area contributed by atoms with Crippen LogP contribution in [0, 0.1) is 12.7 Å². The zero-order valence-corrected chi connectivity index (χ0v) is 16.2. The number of aromatic nitrogens is 4. The topological polar surface area (TPSA) is 121 Å². The number of imidazole rings is 1. The van der Waals surface area contributed by atoms with Gasteiger partial charge in [-0.15, -0.1) is 0 Å². The van der Waals surface area contributed by atoms with Crippen LogP contribution >= 0.6 is 0 Å². The lowest BCUT2D eigenvalue weighted by Gasteiger charge is -2.32. The van der Waals surface area contributed by atoms with Gasteiger partial charge in [-0.05, 0) is 26.0 Å². The van der Waals surface area contributed by atoms with Crippen molar-refractivity contribution in [2.24, 2.45) is 0 Å². The van der Waals surface area contributed by atoms with Gasteiger partial charge in [-0.3, -0.25) is 4.79 Å². The molecule has 1 aromatic carbocycles. The third-order valence-corrected chi connectivity index (χ3v) is 5.15. The molecule has 0 aliphatic carbocycles. The first kappa shape index (κ1) is 18.5. The lowest BCUT2D eigenvalue weighted by atomic mass is 10.0. The molecule has 2 atom stereocenters. The van der Waals surface area contributed by atoms with Crippen molar-refractivity contribution in [2.45, 2.75) is 32.4 Å². The zero-order valence-electron chi connectivity index (χ0n) is 16.2. The molecule has 0 saturated carbocycles. The largest absolute Gasteiger partial charge is 0.438 e. The Balaban J connectivity index is 1.60. The smallest absolute Gasteiger partial charge is 0.292 e. The Morgan fingerprint density at radius 1 is 1.37 bits per heavy atom. The number of hydrogen-bond acceptors (Lipinski definition) is 7. The normalized spacial score (nSPS) is 17.3. The van der Waals surface area contributed by atoms with E-state index in [2.05, 4.69) is 19.9 Å². The van der Waals surface area contributed by atoms with Gasteiger partial charge in [0.2, 0.25) is 17.5 Å². The first-order chi connectivity index (χ1) is 14.4. The van der Waals surface area contributed by atoms with Gasteiger partial charge >= 0.3 is 0 Å². The molecule has 0 radical (unpaired) electrons. The van der Waals surface area contributed by atoms with Crippen molar-refractivity contribution in [3.63, 3.8) is 0 Å². The summed E-state index contributed by atoms with van der Waals surface area (Å²) in [7, 11) is 0. The van der Waals surface area contributed by atoms with Gasteiger partial charge in [0.05, 0.1) is 17.7 Å². The van der Waals surface area contributed by atoms with E-state index in [1.54, 1.807) is 18.2 Å². The zero-order chi connectivity index (χ0) is 21.0. The molecule has 30 heavy (non-hydrogen) atoms. The van der Waals surface area contributed by atoms with E-state index in [1.165, 1.54) is 25.1 Å². The second-order valence-corrected chi connectivity index (χ2v) is 7.22. The van der Waals surface area contributed by atoms with E-state index in [4.69, 9.17) is 8.83 Å². The third kappa shape index (κ3) is 2.88. The summed E-state index contributed by atoms with van der Waals surface area (Å²) in [5, 5.41) is 9.74. The highest BCUT2D eigenvalue weighted by atomic mass is 19.1. The molecule has 2 N–H and O–H groups in total. The standard InChI is InChI=1S/C20H18FN5O4/c1-9-17(30-18(24-9)10(2)27)20(28)26-6-5-13-15(23-8-22-13)16(26)19-25-12-4-3-11(21)7-14(12)29-19/h3-4,7-8,10,16,27H,5-6H2,1-2H3,(H,22,23)/t10-,16-/m0/s1. The summed E-state index contributed by atoms with van der Waals surface area (Å²) in [6.07, 6.45) is 1.18. The summed E-state index contributed by atoms with van der Waals surface area (Å²) in [5.41, 5.74) is 2.62. The van der Waals surface area contributed by atoms with Gasteiger partial charge in [0, 0.05) is 24.7 Å². The van der Waals surface area contributed by atoms with Crippen LogP contribution in [-0.4, -0.2) is 42.4 Å². The van der Waals surface area contributed by atoms with Crippen LogP contribution in [0.1, 0.15) is 58.5 Å². The Morgan fingerprint density at radius 2 is 2.20 bits per heavy atom. The highest BCUT2D eigenvalue weighted by molar-refractivity contribution is 5.93. The second-order valence-electron chi connectivity index (χ2n) is 7.22. The molecule has 10 heteroatoms. The quantitative estimate of drug-likeness (QED) is 0.532. The van der Waals surface area contributed by atoms with Gasteiger partial charge in [0.15, 0.2) is 11.6 Å². The fraction of sp³-hybridized carbons (Fsp3) is 0.300. The van der Waals surface area contributed by atoms with E-state index in [1.807, 2.05) is 0 Å². The fourth-order valence-corrected chi connectivity index (χ4v) is 3.70. The lowest BCUT2D eigenvalue weighted by molar-refractivity contribution is 0.0625. The molecular weight excluding hydrogens is 393 g/mol. The van der Waals surface area contributed by atoms with Crippen LogP contribution in [0.4, 0.5) is 4.39 Å². The second kappa shape index (κ2) is 6.77. The average molecular weight is 411 g/mol. The van der Waals surface area contributed by atoms with Crippen molar-refractivity contribution in [3.8, 4) is 0 Å². The Bertz CT molecular complexity index is 1260. The molecule has 4 aromatic rings. The maximum absolute atomic E-state index is 13.6. The van der Waals surface area contributed by atoms with Crippen molar-refractivity contribution in [2.75, 3.05) is 6.54 Å². The van der Waals surface area contributed by atoms with E-state index < -0.39 is 23.9 Å². The number of H-pyrrole nitrogens is 1. The lowest BCUT2D eigenvalue weighted by Crippen LogP contribution is -2.41. The van der Waals surface area contributed by atoms with Crippen molar-refractivity contribution >= 4 is 17.0 Å². The molecule has 154 valence electrons. The van der Waals surface area contributed by atoms with E-state index >= 15 is 0 Å². The average Bonchev–Trinajstić information content (AvgIpc) is 3.43. The van der Waals surface area contributed by atoms with Crippen molar-refractivity contribution in [1.82, 2.24) is 24.8 Å². The number of fused-ring (bicyclic) bond motifs is 2. The van der Waals surface area contributed by atoms with Gasteiger partial charge in [-0.1, -0.05) is 0 Å². The van der Waals surface area contributed by atoms with Gasteiger partial charge in [0.25, 0.3) is 5.91 Å². The summed E-state index contributed by atoms with van der Waals surface area (Å²) >= 11 is 0. The highest BCUT2D eigenvalue weighted by Crippen LogP contribution is 2.36. The number of aryl methyl sites for hydroxylation is 1. The molecule has 5 rings (SSSR count). The summed E-state index contributed by atoms with van der Waals surface area (Å²) in [6, 6.07) is 3.35. The minimum Gasteiger partial charge on any atom is -0.438 e. The number of aromatic amines is 1. The predicted molar refractivity (Wildman–Crippen MR) is 101 cm³/mol. The molecule has 0 saturated heterocycles. The molecule has 9 nitrogen and oxygen atoms in total. The SMILES string of the molecule is Cc1nc([C@H](C)O)oc1C(=O)N1CCc2[nH]cnc2[C@H]1c1nc2ccc(F)cc2o1. The number of carbonyl (C=O) groups is 1. The number of nitrogens with one attached hydrogen (secondary N) is 1. The molecule has 0 spiro atoms. The molecule has 1 amide bonds. The molecular formula is C20H18FN5O4. The van der Waals surface area contributed by atoms with Crippen LogP contribution in [0.25, 0.3) is 11.1 Å². The third-order valence-electron chi connectivity index (χ3n) is 5.15. The Labute approximate surface area is 169 Å². The number of benzene rings is 1. The minimum absolute atomic E-state index is 0.0389. The van der Waals surface area contributed by atoms with Crippen LogP contribution < -0.4 is 0 Å². The van der Waals surface area contributed by atoms with Crippen molar-refractivity contribution in [1.29, 1.82) is 0 Å². The van der Waals surface area contributed by atoms with Crippen molar-refractivity contribution in [3.05, 3.63) is 65.0 Å². The maximum Gasteiger partial charge on any atom is 0.292 e. The van der Waals surface area contributed by atoms with E-state index in [0.717, 1.165) is 5.69 Å². The Morgan fingerprint density at radius 3 is 2.97 bits per heavy atom. The number of aliphatic hydroxyl groups is 1. The van der Waals surface area contributed by atoms with Gasteiger partial charge in [0.1, 0.15) is 17.4 Å². The number of carbonyl (C=O) groups excluding carboxylic acids is 1. The number of nitrogens with zero attached hydrogens (tertiary/aromatic N) is 4. The first-order valence-corrected chi connectivity index (χ1v) is 9.47. The number of oxazole rings is 2. The van der Waals surface area contributed by atoms with Crippen LogP contribution in [0.5, 0.6) is 0 Å². The summed E-state index contributed by atoms with van der Waals surface area (Å²) in [4.78, 5) is 31.0. The summed E-state index contributed by atoms with van der Waals surface area (Å²) in [5.74, 6) is -0.520. The number of amides is 1. The summed E-state index contributed by atoms with van der Waals surface area (Å²) in [6.45, 7) is 3.51. The monoisotopic (exact) mass is 411 g/mol. The van der Waals surface area contributed by atoms with Crippen LogP contribution in [0.2, 0.25) is 0 Å². The number of hydrogen-bond donors (Lipinski definition) is 2. The molecule has 0 bridgehead atoms. The number of rotatable bonds is 3. The first-order valence-electron chi connectivity index (χ1n) is 9.47. The molecule has 4 heterocycles. The van der Waals surface area contributed by atoms with Gasteiger partial charge in [-0.25, -0.2) is 19.3 Å². The highest BCUT2D eigenvalue weighted by Gasteiger charge is 2.39. The van der Waals surface area contributed by atoms with Crippen LogP contribution in [-0.2, 0) is 6.42 Å². The number of halogens is 1. The van der Waals surface area contributed by atoms with Crippen LogP contribution in [0.15, 0.2) is 33.4 Å². The Kier molecular flexibility index (Phi) is 4.17. The molecule has 0 unspecified atom stereocenters. The molecule has 3 aromatic heterocycles. The summed E-state index contributed by atoms with van der Waals surface area (Å²) < 4.78 is 25.0. The van der Waals surface area contributed by atoms with Crippen molar-refractivity contribution < 1.29 is 23.1 Å². The fourth-order valence-electron chi connectivity index (χ4n) is 3.70. The minimum atomic E-state index is -0.938. The molecule has 0 fully saturated rings. The van der Waals surface area contributed by atoms with Crippen LogP contribution in [0.3, 0.4) is 0 Å². The molecule has 1 aliphatic rings. The van der Waals surface area contributed by atoms with Gasteiger partial charge < -0.3 is 23.8 Å². The predicted octanol–water partition coefficient (Wildman–Crippen LogP) is 2.83. The van der Waals surface area contributed by atoms with E-state index in [9.17, 15) is 14.3 Å². The number of aliphatic hydroxyl groups excluding tert-OH is 1. The van der Waals surface area contributed by atoms with Gasteiger partial charge in [-0.2, -0.15) is 0 Å². The molecule has 1 aliphatic heterocycles. The maximum atomic E-state index is 13.6. The Hall–Kier alpha value is -3.53. The van der Waals surface area contributed by atoms with E-state index in [0.29, 0.717) is 29.9 Å². The van der Waals surface area contributed by atoms with E-state index in [-0.39, 0.29) is 23.1 Å².